The van der Waals surface area contributed by atoms with Crippen molar-refractivity contribution in [2.45, 2.75) is 24.6 Å². The molecule has 2 atom stereocenters. The first-order valence-electron chi connectivity index (χ1n) is 5.54. The monoisotopic (exact) mass is 245 g/mol. The largest absolute Gasteiger partial charge is 0.416 e. The fourth-order valence-corrected chi connectivity index (χ4v) is 2.28. The standard InChI is InChI=1S/C12H14F3NO/c13-12(14,15)9-3-1-8(2-4-9)10-5-6-16-11(10)7-17/h1-4,10-11,16-17H,5-7H2/t10-,11-/m0/s1. The van der Waals surface area contributed by atoms with E-state index in [9.17, 15) is 13.2 Å². The van der Waals surface area contributed by atoms with E-state index < -0.39 is 11.7 Å². The van der Waals surface area contributed by atoms with Crippen LogP contribution in [-0.2, 0) is 6.18 Å². The van der Waals surface area contributed by atoms with Crippen LogP contribution < -0.4 is 5.32 Å². The summed E-state index contributed by atoms with van der Waals surface area (Å²) < 4.78 is 37.2. The number of aliphatic hydroxyl groups excluding tert-OH is 1. The summed E-state index contributed by atoms with van der Waals surface area (Å²) in [5, 5.41) is 12.3. The molecule has 1 aromatic rings. The molecule has 0 bridgehead atoms. The van der Waals surface area contributed by atoms with Crippen LogP contribution in [0.2, 0.25) is 0 Å². The van der Waals surface area contributed by atoms with Gasteiger partial charge in [0, 0.05) is 12.0 Å². The molecule has 1 saturated heterocycles. The highest BCUT2D eigenvalue weighted by Crippen LogP contribution is 2.32. The Morgan fingerprint density at radius 1 is 1.24 bits per heavy atom. The minimum Gasteiger partial charge on any atom is -0.395 e. The van der Waals surface area contributed by atoms with E-state index in [2.05, 4.69) is 5.32 Å². The average molecular weight is 245 g/mol. The second-order valence-electron chi connectivity index (χ2n) is 4.26. The lowest BCUT2D eigenvalue weighted by molar-refractivity contribution is -0.137. The molecule has 0 spiro atoms. The molecule has 0 radical (unpaired) electrons. The molecule has 0 saturated carbocycles. The minimum absolute atomic E-state index is 0.00564. The van der Waals surface area contributed by atoms with Gasteiger partial charge in [-0.1, -0.05) is 12.1 Å². The average Bonchev–Trinajstić information content (AvgIpc) is 2.76. The molecule has 2 rings (SSSR count). The Hall–Kier alpha value is -1.07. The van der Waals surface area contributed by atoms with E-state index in [1.165, 1.54) is 12.1 Å². The molecular weight excluding hydrogens is 231 g/mol. The number of aliphatic hydroxyl groups is 1. The SMILES string of the molecule is OC[C@@H]1NCC[C@H]1c1ccc(C(F)(F)F)cc1. The topological polar surface area (TPSA) is 32.3 Å². The zero-order valence-electron chi connectivity index (χ0n) is 9.17. The Balaban J connectivity index is 2.18. The van der Waals surface area contributed by atoms with Crippen LogP contribution in [-0.4, -0.2) is 24.3 Å². The molecule has 17 heavy (non-hydrogen) atoms. The third kappa shape index (κ3) is 2.61. The van der Waals surface area contributed by atoms with Gasteiger partial charge in [-0.25, -0.2) is 0 Å². The summed E-state index contributed by atoms with van der Waals surface area (Å²) in [6.45, 7) is 0.794. The molecule has 0 aromatic heterocycles. The van der Waals surface area contributed by atoms with Crippen LogP contribution in [0.15, 0.2) is 24.3 Å². The van der Waals surface area contributed by atoms with Gasteiger partial charge in [0.05, 0.1) is 12.2 Å². The molecule has 0 unspecified atom stereocenters. The summed E-state index contributed by atoms with van der Waals surface area (Å²) in [5.41, 5.74) is 0.217. The summed E-state index contributed by atoms with van der Waals surface area (Å²) in [6, 6.07) is 5.16. The van der Waals surface area contributed by atoms with Crippen molar-refractivity contribution in [1.82, 2.24) is 5.32 Å². The lowest BCUT2D eigenvalue weighted by Gasteiger charge is -2.18. The van der Waals surface area contributed by atoms with Gasteiger partial charge >= 0.3 is 6.18 Å². The van der Waals surface area contributed by atoms with Gasteiger partial charge < -0.3 is 10.4 Å². The Morgan fingerprint density at radius 2 is 1.88 bits per heavy atom. The molecular formula is C12H14F3NO. The number of alkyl halides is 3. The highest BCUT2D eigenvalue weighted by Gasteiger charge is 2.31. The van der Waals surface area contributed by atoms with E-state index in [0.29, 0.717) is 0 Å². The number of hydrogen-bond donors (Lipinski definition) is 2. The van der Waals surface area contributed by atoms with Crippen LogP contribution in [0, 0.1) is 0 Å². The van der Waals surface area contributed by atoms with E-state index in [4.69, 9.17) is 5.11 Å². The third-order valence-electron chi connectivity index (χ3n) is 3.21. The van der Waals surface area contributed by atoms with Crippen LogP contribution in [0.1, 0.15) is 23.5 Å². The molecule has 0 amide bonds. The van der Waals surface area contributed by atoms with Crippen molar-refractivity contribution in [3.63, 3.8) is 0 Å². The lowest BCUT2D eigenvalue weighted by Crippen LogP contribution is -2.29. The quantitative estimate of drug-likeness (QED) is 0.836. The third-order valence-corrected chi connectivity index (χ3v) is 3.21. The molecule has 94 valence electrons. The Labute approximate surface area is 97.5 Å². The summed E-state index contributed by atoms with van der Waals surface area (Å²) in [5.74, 6) is 0.0993. The lowest BCUT2D eigenvalue weighted by atomic mass is 9.91. The number of benzene rings is 1. The Bertz CT molecular complexity index is 374. The van der Waals surface area contributed by atoms with E-state index >= 15 is 0 Å². The normalized spacial score (nSPS) is 25.2. The van der Waals surface area contributed by atoms with E-state index in [-0.39, 0.29) is 18.6 Å². The first-order chi connectivity index (χ1) is 8.02. The van der Waals surface area contributed by atoms with Gasteiger partial charge in [-0.15, -0.1) is 0 Å². The van der Waals surface area contributed by atoms with Crippen molar-refractivity contribution in [3.05, 3.63) is 35.4 Å². The van der Waals surface area contributed by atoms with E-state index in [0.717, 1.165) is 30.7 Å². The second kappa shape index (κ2) is 4.66. The van der Waals surface area contributed by atoms with Crippen molar-refractivity contribution < 1.29 is 18.3 Å². The van der Waals surface area contributed by atoms with Crippen LogP contribution in [0.3, 0.4) is 0 Å². The van der Waals surface area contributed by atoms with Crippen molar-refractivity contribution in [2.75, 3.05) is 13.2 Å². The molecule has 2 N–H and O–H groups in total. The summed E-state index contributed by atoms with van der Waals surface area (Å²) in [6.07, 6.45) is -3.45. The number of nitrogens with one attached hydrogen (secondary N) is 1. The number of hydrogen-bond acceptors (Lipinski definition) is 2. The van der Waals surface area contributed by atoms with Crippen molar-refractivity contribution >= 4 is 0 Å². The van der Waals surface area contributed by atoms with Crippen molar-refractivity contribution in [1.29, 1.82) is 0 Å². The van der Waals surface area contributed by atoms with E-state index in [1.54, 1.807) is 0 Å². The van der Waals surface area contributed by atoms with Crippen LogP contribution in [0.5, 0.6) is 0 Å². The molecule has 1 aliphatic rings. The van der Waals surface area contributed by atoms with Crippen molar-refractivity contribution in [3.8, 4) is 0 Å². The predicted molar refractivity (Wildman–Crippen MR) is 57.7 cm³/mol. The van der Waals surface area contributed by atoms with E-state index in [1.807, 2.05) is 0 Å². The zero-order valence-corrected chi connectivity index (χ0v) is 9.17. The molecule has 1 fully saturated rings. The molecule has 1 heterocycles. The maximum atomic E-state index is 12.4. The maximum absolute atomic E-state index is 12.4. The van der Waals surface area contributed by atoms with Gasteiger partial charge in [0.1, 0.15) is 0 Å². The first-order valence-corrected chi connectivity index (χ1v) is 5.54. The Morgan fingerprint density at radius 3 is 2.41 bits per heavy atom. The highest BCUT2D eigenvalue weighted by molar-refractivity contribution is 5.29. The zero-order chi connectivity index (χ0) is 12.5. The van der Waals surface area contributed by atoms with Gasteiger partial charge in [-0.2, -0.15) is 13.2 Å². The minimum atomic E-state index is -4.29. The van der Waals surface area contributed by atoms with Gasteiger partial charge in [0.15, 0.2) is 0 Å². The van der Waals surface area contributed by atoms with Gasteiger partial charge in [0.2, 0.25) is 0 Å². The molecule has 2 nitrogen and oxygen atoms in total. The summed E-state index contributed by atoms with van der Waals surface area (Å²) in [4.78, 5) is 0. The molecule has 1 aromatic carbocycles. The molecule has 0 aliphatic carbocycles. The maximum Gasteiger partial charge on any atom is 0.416 e. The second-order valence-corrected chi connectivity index (χ2v) is 4.26. The van der Waals surface area contributed by atoms with Gasteiger partial charge in [-0.05, 0) is 30.7 Å². The van der Waals surface area contributed by atoms with Crippen molar-refractivity contribution in [2.24, 2.45) is 0 Å². The van der Waals surface area contributed by atoms with Crippen LogP contribution >= 0.6 is 0 Å². The van der Waals surface area contributed by atoms with Crippen LogP contribution in [0.25, 0.3) is 0 Å². The molecule has 1 aliphatic heterocycles. The summed E-state index contributed by atoms with van der Waals surface area (Å²) >= 11 is 0. The molecule has 5 heteroatoms. The first kappa shape index (κ1) is 12.4. The Kier molecular flexibility index (Phi) is 3.40. The summed E-state index contributed by atoms with van der Waals surface area (Å²) in [7, 11) is 0. The fraction of sp³-hybridized carbons (Fsp3) is 0.500. The van der Waals surface area contributed by atoms with Gasteiger partial charge in [-0.3, -0.25) is 0 Å². The fourth-order valence-electron chi connectivity index (χ4n) is 2.28. The van der Waals surface area contributed by atoms with Gasteiger partial charge in [0.25, 0.3) is 0 Å². The highest BCUT2D eigenvalue weighted by atomic mass is 19.4. The smallest absolute Gasteiger partial charge is 0.395 e. The number of halogens is 3. The number of rotatable bonds is 2. The predicted octanol–water partition coefficient (Wildman–Crippen LogP) is 2.14. The van der Waals surface area contributed by atoms with Crippen LogP contribution in [0.4, 0.5) is 13.2 Å².